The highest BCUT2D eigenvalue weighted by atomic mass is 32.2. The number of esters is 2. The number of carbonyl (C=O) groups excluding carboxylic acids is 2. The summed E-state index contributed by atoms with van der Waals surface area (Å²) in [6.07, 6.45) is 1.14. The van der Waals surface area contributed by atoms with Crippen molar-refractivity contribution >= 4 is 23.7 Å². The van der Waals surface area contributed by atoms with E-state index in [1.165, 1.54) is 25.8 Å². The average Bonchev–Trinajstić information content (AvgIpc) is 2.29. The van der Waals surface area contributed by atoms with Crippen LogP contribution in [0, 0.1) is 0 Å². The number of thioether (sulfide) groups is 1. The van der Waals surface area contributed by atoms with Gasteiger partial charge in [0, 0.05) is 11.8 Å². The second-order valence-corrected chi connectivity index (χ2v) is 4.07. The molecule has 0 unspecified atom stereocenters. The molecule has 1 aromatic rings. The Bertz CT molecular complexity index is 425. The summed E-state index contributed by atoms with van der Waals surface area (Å²) < 4.78 is 9.39. The van der Waals surface area contributed by atoms with E-state index in [2.05, 4.69) is 4.74 Å². The molecule has 0 aliphatic heterocycles. The number of hydrogen-bond acceptors (Lipinski definition) is 5. The normalized spacial score (nSPS) is 10.8. The Hall–Kier alpha value is -1.75. The summed E-state index contributed by atoms with van der Waals surface area (Å²) in [5.74, 6) is -1.05. The summed E-state index contributed by atoms with van der Waals surface area (Å²) in [5, 5.41) is 0.190. The summed E-state index contributed by atoms with van der Waals surface area (Å²) in [6, 6.07) is 9.27. The zero-order valence-corrected chi connectivity index (χ0v) is 10.3. The molecule has 0 radical (unpaired) electrons. The van der Waals surface area contributed by atoms with Crippen LogP contribution in [0.3, 0.4) is 0 Å². The number of carbonyl (C=O) groups is 2. The van der Waals surface area contributed by atoms with E-state index >= 15 is 0 Å². The van der Waals surface area contributed by atoms with Gasteiger partial charge in [-0.1, -0.05) is 30.0 Å². The lowest BCUT2D eigenvalue weighted by Crippen LogP contribution is -2.01. The fourth-order valence-electron chi connectivity index (χ4n) is 0.981. The summed E-state index contributed by atoms with van der Waals surface area (Å²) in [4.78, 5) is 22.8. The van der Waals surface area contributed by atoms with Crippen LogP contribution in [-0.4, -0.2) is 19.0 Å². The van der Waals surface area contributed by atoms with Crippen LogP contribution in [0.1, 0.15) is 6.92 Å². The maximum atomic E-state index is 11.1. The molecule has 0 N–H and O–H groups in total. The van der Waals surface area contributed by atoms with E-state index in [1.807, 2.05) is 30.3 Å². The minimum Gasteiger partial charge on any atom is -0.466 e. The zero-order valence-electron chi connectivity index (χ0n) is 9.51. The van der Waals surface area contributed by atoms with Crippen molar-refractivity contribution in [3.63, 3.8) is 0 Å². The third-order valence-corrected chi connectivity index (χ3v) is 2.55. The molecule has 0 aliphatic rings. The van der Waals surface area contributed by atoms with Crippen molar-refractivity contribution in [1.29, 1.82) is 0 Å². The summed E-state index contributed by atoms with van der Waals surface area (Å²) in [7, 11) is 1.26. The fraction of sp³-hybridized carbons (Fsp3) is 0.167. The summed E-state index contributed by atoms with van der Waals surface area (Å²) in [5.41, 5.74) is 0. The lowest BCUT2D eigenvalue weighted by Gasteiger charge is -2.05. The minimum absolute atomic E-state index is 0.190. The lowest BCUT2D eigenvalue weighted by atomic mass is 10.4. The first-order valence-electron chi connectivity index (χ1n) is 4.83. The Kier molecular flexibility index (Phi) is 5.29. The molecule has 1 rings (SSSR count). The highest BCUT2D eigenvalue weighted by molar-refractivity contribution is 8.03. The number of benzene rings is 1. The van der Waals surface area contributed by atoms with Crippen molar-refractivity contribution in [3.05, 3.63) is 41.5 Å². The fourth-order valence-corrected chi connectivity index (χ4v) is 1.82. The molecule has 0 amide bonds. The van der Waals surface area contributed by atoms with Crippen LogP contribution in [0.15, 0.2) is 46.4 Å². The molecular weight excluding hydrogens is 240 g/mol. The topological polar surface area (TPSA) is 52.6 Å². The van der Waals surface area contributed by atoms with Crippen LogP contribution in [0.5, 0.6) is 0 Å². The second kappa shape index (κ2) is 6.75. The molecule has 4 nitrogen and oxygen atoms in total. The van der Waals surface area contributed by atoms with Crippen LogP contribution in [0.25, 0.3) is 0 Å². The third-order valence-electron chi connectivity index (χ3n) is 1.64. The molecule has 0 heterocycles. The van der Waals surface area contributed by atoms with Crippen LogP contribution < -0.4 is 0 Å². The first-order valence-corrected chi connectivity index (χ1v) is 5.64. The maximum Gasteiger partial charge on any atom is 0.334 e. The average molecular weight is 252 g/mol. The van der Waals surface area contributed by atoms with E-state index < -0.39 is 11.9 Å². The Morgan fingerprint density at radius 3 is 2.41 bits per heavy atom. The van der Waals surface area contributed by atoms with Crippen molar-refractivity contribution in [2.75, 3.05) is 7.11 Å². The van der Waals surface area contributed by atoms with Crippen molar-refractivity contribution in [3.8, 4) is 0 Å². The molecule has 5 heteroatoms. The molecular formula is C12H12O4S. The monoisotopic (exact) mass is 252 g/mol. The number of methoxy groups -OCH3 is 1. The predicted octanol–water partition coefficient (Wildman–Crippen LogP) is 2.36. The van der Waals surface area contributed by atoms with Gasteiger partial charge < -0.3 is 9.47 Å². The molecule has 17 heavy (non-hydrogen) atoms. The van der Waals surface area contributed by atoms with Crippen LogP contribution >= 0.6 is 11.8 Å². The number of rotatable bonds is 4. The van der Waals surface area contributed by atoms with Crippen molar-refractivity contribution in [2.45, 2.75) is 11.8 Å². The van der Waals surface area contributed by atoms with E-state index in [-0.39, 0.29) is 5.09 Å². The van der Waals surface area contributed by atoms with E-state index in [1.54, 1.807) is 0 Å². The smallest absolute Gasteiger partial charge is 0.334 e. The molecule has 0 atom stereocenters. The molecule has 0 aliphatic carbocycles. The molecule has 0 bridgehead atoms. The van der Waals surface area contributed by atoms with Gasteiger partial charge in [-0.25, -0.2) is 4.79 Å². The maximum absolute atomic E-state index is 11.1. The Morgan fingerprint density at radius 2 is 1.88 bits per heavy atom. The largest absolute Gasteiger partial charge is 0.466 e. The first kappa shape index (κ1) is 13.3. The first-order chi connectivity index (χ1) is 8.11. The Morgan fingerprint density at radius 1 is 1.24 bits per heavy atom. The molecule has 0 saturated carbocycles. The molecule has 0 saturated heterocycles. The Labute approximate surface area is 104 Å². The molecule has 1 aromatic carbocycles. The van der Waals surface area contributed by atoms with Gasteiger partial charge >= 0.3 is 11.9 Å². The second-order valence-electron chi connectivity index (χ2n) is 3.00. The van der Waals surface area contributed by atoms with E-state index in [0.717, 1.165) is 11.0 Å². The Balaban J connectivity index is 2.81. The van der Waals surface area contributed by atoms with Gasteiger partial charge in [-0.05, 0) is 12.1 Å². The third kappa shape index (κ3) is 5.21. The van der Waals surface area contributed by atoms with Crippen molar-refractivity contribution in [1.82, 2.24) is 0 Å². The summed E-state index contributed by atoms with van der Waals surface area (Å²) in [6.45, 7) is 1.27. The quantitative estimate of drug-likeness (QED) is 0.356. The SMILES string of the molecule is COC(=O)/C=C(/OC(C)=O)Sc1ccccc1. The van der Waals surface area contributed by atoms with Gasteiger partial charge in [0.2, 0.25) is 0 Å². The van der Waals surface area contributed by atoms with Crippen molar-refractivity contribution in [2.24, 2.45) is 0 Å². The van der Waals surface area contributed by atoms with Gasteiger partial charge in [0.25, 0.3) is 0 Å². The molecule has 0 spiro atoms. The van der Waals surface area contributed by atoms with Gasteiger partial charge in [-0.2, -0.15) is 0 Å². The van der Waals surface area contributed by atoms with Gasteiger partial charge in [-0.3, -0.25) is 4.79 Å². The molecule has 0 aromatic heterocycles. The highest BCUT2D eigenvalue weighted by Crippen LogP contribution is 2.27. The van der Waals surface area contributed by atoms with Gasteiger partial charge in [0.15, 0.2) is 5.09 Å². The lowest BCUT2D eigenvalue weighted by molar-refractivity contribution is -0.136. The number of ether oxygens (including phenoxy) is 2. The van der Waals surface area contributed by atoms with Crippen LogP contribution in [0.2, 0.25) is 0 Å². The van der Waals surface area contributed by atoms with E-state index in [4.69, 9.17) is 4.74 Å². The highest BCUT2D eigenvalue weighted by Gasteiger charge is 2.08. The standard InChI is InChI=1S/C12H12O4S/c1-9(13)16-12(8-11(14)15-2)17-10-6-4-3-5-7-10/h3-8H,1-2H3/b12-8-. The van der Waals surface area contributed by atoms with Gasteiger partial charge in [0.1, 0.15) is 0 Å². The minimum atomic E-state index is -0.565. The van der Waals surface area contributed by atoms with Crippen LogP contribution in [0.4, 0.5) is 0 Å². The molecule has 90 valence electrons. The van der Waals surface area contributed by atoms with E-state index in [9.17, 15) is 9.59 Å². The predicted molar refractivity (Wildman–Crippen MR) is 64.2 cm³/mol. The van der Waals surface area contributed by atoms with Gasteiger partial charge in [0.05, 0.1) is 13.2 Å². The van der Waals surface area contributed by atoms with E-state index in [0.29, 0.717) is 0 Å². The summed E-state index contributed by atoms with van der Waals surface area (Å²) >= 11 is 1.18. The zero-order chi connectivity index (χ0) is 12.7. The van der Waals surface area contributed by atoms with Crippen molar-refractivity contribution < 1.29 is 19.1 Å². The number of hydrogen-bond donors (Lipinski definition) is 0. The molecule has 0 fully saturated rings. The van der Waals surface area contributed by atoms with Crippen LogP contribution in [-0.2, 0) is 19.1 Å². The van der Waals surface area contributed by atoms with Gasteiger partial charge in [-0.15, -0.1) is 0 Å².